The summed E-state index contributed by atoms with van der Waals surface area (Å²) in [6.07, 6.45) is 2.62. The van der Waals surface area contributed by atoms with Crippen LogP contribution in [0.5, 0.6) is 0 Å². The molecule has 8 nitrogen and oxygen atoms in total. The zero-order valence-electron chi connectivity index (χ0n) is 15.3. The Morgan fingerprint density at radius 3 is 2.67 bits per heavy atom. The molecule has 0 saturated carbocycles. The van der Waals surface area contributed by atoms with Crippen molar-refractivity contribution in [1.82, 2.24) is 15.0 Å². The van der Waals surface area contributed by atoms with Gasteiger partial charge < -0.3 is 10.3 Å². The summed E-state index contributed by atoms with van der Waals surface area (Å²) in [4.78, 5) is 23.5. The first-order valence-electron chi connectivity index (χ1n) is 8.43. The monoisotopic (exact) mass is 387 g/mol. The smallest absolute Gasteiger partial charge is 0.253 e. The molecular formula is C18H21N5O3S. The Morgan fingerprint density at radius 2 is 1.96 bits per heavy atom. The molecule has 0 spiro atoms. The van der Waals surface area contributed by atoms with Crippen molar-refractivity contribution in [3.63, 3.8) is 0 Å². The van der Waals surface area contributed by atoms with E-state index in [2.05, 4.69) is 20.3 Å². The molecule has 0 saturated heterocycles. The first-order valence-corrected chi connectivity index (χ1v) is 10.3. The number of H-pyrrole nitrogens is 1. The highest BCUT2D eigenvalue weighted by molar-refractivity contribution is 7.92. The van der Waals surface area contributed by atoms with Crippen LogP contribution >= 0.6 is 0 Å². The van der Waals surface area contributed by atoms with Crippen molar-refractivity contribution in [3.8, 4) is 0 Å². The molecule has 3 aromatic rings. The Labute approximate surface area is 157 Å². The minimum atomic E-state index is -3.47. The van der Waals surface area contributed by atoms with Gasteiger partial charge >= 0.3 is 0 Å². The number of para-hydroxylation sites is 1. The number of rotatable bonds is 6. The van der Waals surface area contributed by atoms with Crippen LogP contribution in [0, 0.1) is 0 Å². The summed E-state index contributed by atoms with van der Waals surface area (Å²) in [7, 11) is -3.47. The van der Waals surface area contributed by atoms with Crippen molar-refractivity contribution in [2.45, 2.75) is 26.4 Å². The summed E-state index contributed by atoms with van der Waals surface area (Å²) in [5.74, 6) is 0.520. The number of nitrogens with one attached hydrogen (secondary N) is 2. The van der Waals surface area contributed by atoms with Gasteiger partial charge in [-0.05, 0) is 31.4 Å². The molecule has 0 atom stereocenters. The normalized spacial score (nSPS) is 11.7. The number of pyridine rings is 1. The number of anilines is 2. The standard InChI is InChI=1S/C18H21N5O3S/c1-12(2)23(27(3,25)26)16-8-9-19-18(22-16)20-11-14-10-13-6-4-5-7-15(13)21-17(14)24/h4-10,12H,11H2,1-3H3,(H,21,24)(H,19,20,22). The molecule has 2 N–H and O–H groups in total. The molecule has 0 radical (unpaired) electrons. The topological polar surface area (TPSA) is 108 Å². The summed E-state index contributed by atoms with van der Waals surface area (Å²) in [5.41, 5.74) is 1.11. The van der Waals surface area contributed by atoms with Crippen molar-refractivity contribution < 1.29 is 8.42 Å². The van der Waals surface area contributed by atoms with E-state index in [0.29, 0.717) is 5.56 Å². The minimum Gasteiger partial charge on any atom is -0.350 e. The van der Waals surface area contributed by atoms with Gasteiger partial charge in [0.25, 0.3) is 5.56 Å². The highest BCUT2D eigenvalue weighted by atomic mass is 32.2. The predicted octanol–water partition coefficient (Wildman–Crippen LogP) is 2.10. The molecule has 0 aliphatic rings. The average Bonchev–Trinajstić information content (AvgIpc) is 2.58. The Kier molecular flexibility index (Phi) is 5.13. The molecular weight excluding hydrogens is 366 g/mol. The molecule has 0 unspecified atom stereocenters. The van der Waals surface area contributed by atoms with Crippen LogP contribution in [-0.2, 0) is 16.6 Å². The fourth-order valence-corrected chi connectivity index (χ4v) is 4.08. The number of benzene rings is 1. The van der Waals surface area contributed by atoms with Crippen LogP contribution in [0.1, 0.15) is 19.4 Å². The lowest BCUT2D eigenvalue weighted by molar-refractivity contribution is 0.589. The molecule has 0 amide bonds. The van der Waals surface area contributed by atoms with Crippen molar-refractivity contribution in [3.05, 3.63) is 58.5 Å². The van der Waals surface area contributed by atoms with Crippen LogP contribution in [0.4, 0.5) is 11.8 Å². The average molecular weight is 387 g/mol. The fourth-order valence-electron chi connectivity index (χ4n) is 2.87. The number of sulfonamides is 1. The predicted molar refractivity (Wildman–Crippen MR) is 106 cm³/mol. The molecule has 0 bridgehead atoms. The Hall–Kier alpha value is -2.94. The molecule has 9 heteroatoms. The third kappa shape index (κ3) is 4.25. The zero-order valence-corrected chi connectivity index (χ0v) is 16.1. The minimum absolute atomic E-state index is 0.197. The highest BCUT2D eigenvalue weighted by Crippen LogP contribution is 2.19. The van der Waals surface area contributed by atoms with Crippen LogP contribution in [-0.4, -0.2) is 35.7 Å². The van der Waals surface area contributed by atoms with Gasteiger partial charge in [0.1, 0.15) is 5.82 Å². The summed E-state index contributed by atoms with van der Waals surface area (Å²) in [6, 6.07) is 10.6. The third-order valence-electron chi connectivity index (χ3n) is 3.96. The van der Waals surface area contributed by atoms with Crippen LogP contribution in [0.3, 0.4) is 0 Å². The van der Waals surface area contributed by atoms with Crippen LogP contribution in [0.2, 0.25) is 0 Å². The molecule has 142 valence electrons. The van der Waals surface area contributed by atoms with Gasteiger partial charge in [0.15, 0.2) is 0 Å². The van der Waals surface area contributed by atoms with E-state index in [0.717, 1.165) is 17.2 Å². The molecule has 2 aromatic heterocycles. The van der Waals surface area contributed by atoms with E-state index in [1.165, 1.54) is 16.6 Å². The molecule has 0 fully saturated rings. The van der Waals surface area contributed by atoms with Gasteiger partial charge in [-0.3, -0.25) is 9.10 Å². The quantitative estimate of drug-likeness (QED) is 0.671. The summed E-state index contributed by atoms with van der Waals surface area (Å²) in [5, 5.41) is 3.91. The fraction of sp³-hybridized carbons (Fsp3) is 0.278. The van der Waals surface area contributed by atoms with Gasteiger partial charge in [-0.15, -0.1) is 0 Å². The molecule has 0 aliphatic heterocycles. The van der Waals surface area contributed by atoms with Crippen molar-refractivity contribution in [2.24, 2.45) is 0 Å². The van der Waals surface area contributed by atoms with Gasteiger partial charge in [-0.1, -0.05) is 18.2 Å². The zero-order chi connectivity index (χ0) is 19.6. The van der Waals surface area contributed by atoms with Gasteiger partial charge in [0.2, 0.25) is 16.0 Å². The lowest BCUT2D eigenvalue weighted by Gasteiger charge is -2.25. The second kappa shape index (κ2) is 7.36. The Balaban J connectivity index is 1.85. The van der Waals surface area contributed by atoms with Crippen molar-refractivity contribution in [1.29, 1.82) is 0 Å². The van der Waals surface area contributed by atoms with Crippen molar-refractivity contribution >= 4 is 32.7 Å². The van der Waals surface area contributed by atoms with Gasteiger partial charge in [-0.25, -0.2) is 13.4 Å². The van der Waals surface area contributed by atoms with Crippen molar-refractivity contribution in [2.75, 3.05) is 15.9 Å². The second-order valence-electron chi connectivity index (χ2n) is 6.46. The Morgan fingerprint density at radius 1 is 1.22 bits per heavy atom. The first-order chi connectivity index (χ1) is 12.8. The maximum Gasteiger partial charge on any atom is 0.253 e. The van der Waals surface area contributed by atoms with Gasteiger partial charge in [-0.2, -0.15) is 4.98 Å². The van der Waals surface area contributed by atoms with E-state index < -0.39 is 10.0 Å². The summed E-state index contributed by atoms with van der Waals surface area (Å²) in [6.45, 7) is 3.75. The largest absolute Gasteiger partial charge is 0.350 e. The first kappa shape index (κ1) is 18.8. The SMILES string of the molecule is CC(C)N(c1ccnc(NCc2cc3ccccc3[nH]c2=O)n1)S(C)(=O)=O. The number of aromatic amines is 1. The number of aromatic nitrogens is 3. The number of nitrogens with zero attached hydrogens (tertiary/aromatic N) is 3. The molecule has 27 heavy (non-hydrogen) atoms. The maximum absolute atomic E-state index is 12.2. The van der Waals surface area contributed by atoms with E-state index >= 15 is 0 Å². The van der Waals surface area contributed by atoms with E-state index in [-0.39, 0.29) is 29.9 Å². The second-order valence-corrected chi connectivity index (χ2v) is 8.31. The molecule has 0 aliphatic carbocycles. The molecule has 3 rings (SSSR count). The number of hydrogen-bond donors (Lipinski definition) is 2. The lowest BCUT2D eigenvalue weighted by atomic mass is 10.1. The van der Waals surface area contributed by atoms with E-state index in [1.54, 1.807) is 13.8 Å². The molecule has 1 aromatic carbocycles. The van der Waals surface area contributed by atoms with Crippen LogP contribution in [0.15, 0.2) is 47.4 Å². The Bertz CT molecular complexity index is 1130. The van der Waals surface area contributed by atoms with E-state index in [4.69, 9.17) is 0 Å². The lowest BCUT2D eigenvalue weighted by Crippen LogP contribution is -2.36. The highest BCUT2D eigenvalue weighted by Gasteiger charge is 2.22. The number of hydrogen-bond acceptors (Lipinski definition) is 6. The summed E-state index contributed by atoms with van der Waals surface area (Å²) < 4.78 is 25.3. The van der Waals surface area contributed by atoms with Crippen LogP contribution in [0.25, 0.3) is 10.9 Å². The maximum atomic E-state index is 12.2. The van der Waals surface area contributed by atoms with E-state index in [9.17, 15) is 13.2 Å². The summed E-state index contributed by atoms with van der Waals surface area (Å²) >= 11 is 0. The van der Waals surface area contributed by atoms with Crippen LogP contribution < -0.4 is 15.2 Å². The molecule has 2 heterocycles. The van der Waals surface area contributed by atoms with Gasteiger partial charge in [0, 0.05) is 35.9 Å². The number of fused-ring (bicyclic) bond motifs is 1. The van der Waals surface area contributed by atoms with E-state index in [1.807, 2.05) is 30.3 Å². The van der Waals surface area contributed by atoms with Gasteiger partial charge in [0.05, 0.1) is 6.26 Å². The third-order valence-corrected chi connectivity index (χ3v) is 5.28.